The maximum atomic E-state index is 11.5. The summed E-state index contributed by atoms with van der Waals surface area (Å²) in [5, 5.41) is 9.90. The van der Waals surface area contributed by atoms with E-state index in [4.69, 9.17) is 21.3 Å². The Balaban J connectivity index is 1.45. The Morgan fingerprint density at radius 3 is 2.44 bits per heavy atom. The fourth-order valence-corrected chi connectivity index (χ4v) is 4.51. The van der Waals surface area contributed by atoms with E-state index in [2.05, 4.69) is 9.55 Å². The van der Waals surface area contributed by atoms with Crippen LogP contribution in [0.1, 0.15) is 32.9 Å². The second-order valence-electron chi connectivity index (χ2n) is 8.62. The van der Waals surface area contributed by atoms with E-state index in [1.165, 1.54) is 0 Å². The molecule has 0 amide bonds. The first-order valence-corrected chi connectivity index (χ1v) is 11.9. The van der Waals surface area contributed by atoms with Crippen molar-refractivity contribution < 1.29 is 14.6 Å². The van der Waals surface area contributed by atoms with Crippen molar-refractivity contribution in [3.05, 3.63) is 112 Å². The van der Waals surface area contributed by atoms with Crippen molar-refractivity contribution in [1.82, 2.24) is 14.5 Å². The molecule has 0 saturated carbocycles. The molecule has 0 saturated heterocycles. The second kappa shape index (κ2) is 9.84. The first-order chi connectivity index (χ1) is 17.4. The van der Waals surface area contributed by atoms with Crippen LogP contribution >= 0.6 is 11.6 Å². The number of hydrogen-bond donors (Lipinski definition) is 1. The fourth-order valence-electron chi connectivity index (χ4n) is 4.30. The van der Waals surface area contributed by atoms with Gasteiger partial charge in [-0.05, 0) is 37.6 Å². The highest BCUT2D eigenvalue weighted by atomic mass is 35.5. The number of hydrogen-bond acceptors (Lipinski definition) is 4. The van der Waals surface area contributed by atoms with Crippen molar-refractivity contribution in [1.29, 1.82) is 0 Å². The van der Waals surface area contributed by atoms with Crippen LogP contribution in [0.4, 0.5) is 0 Å². The highest BCUT2D eigenvalue weighted by Gasteiger charge is 2.15. The summed E-state index contributed by atoms with van der Waals surface area (Å²) in [6, 6.07) is 24.6. The van der Waals surface area contributed by atoms with Gasteiger partial charge >= 0.3 is 5.97 Å². The Kier molecular flexibility index (Phi) is 6.44. The SMILES string of the molecule is Cc1cc(OCc2ccccc2C(=O)O)cc2c1nc(C)n2Cc1ccc(-c2ccccc2)nc1Cl. The fraction of sp³-hybridized carbons (Fsp3) is 0.138. The number of fused-ring (bicyclic) bond motifs is 1. The van der Waals surface area contributed by atoms with Gasteiger partial charge in [0.25, 0.3) is 0 Å². The number of carbonyl (C=O) groups is 1. The number of aromatic nitrogens is 3. The van der Waals surface area contributed by atoms with Gasteiger partial charge in [-0.3, -0.25) is 0 Å². The van der Waals surface area contributed by atoms with Crippen molar-refractivity contribution in [2.75, 3.05) is 0 Å². The molecule has 0 unspecified atom stereocenters. The summed E-state index contributed by atoms with van der Waals surface area (Å²) in [4.78, 5) is 20.9. The molecular formula is C29H24ClN3O3. The second-order valence-corrected chi connectivity index (χ2v) is 8.97. The Hall–Kier alpha value is -4.16. The average Bonchev–Trinajstić information content (AvgIpc) is 3.20. The molecule has 7 heteroatoms. The number of aryl methyl sites for hydroxylation is 2. The molecule has 36 heavy (non-hydrogen) atoms. The van der Waals surface area contributed by atoms with Crippen LogP contribution in [0.5, 0.6) is 5.75 Å². The molecule has 0 spiro atoms. The third-order valence-electron chi connectivity index (χ3n) is 6.18. The van der Waals surface area contributed by atoms with E-state index in [9.17, 15) is 9.90 Å². The maximum Gasteiger partial charge on any atom is 0.336 e. The first kappa shape index (κ1) is 23.6. The van der Waals surface area contributed by atoms with Gasteiger partial charge in [0.05, 0.1) is 28.8 Å². The lowest BCUT2D eigenvalue weighted by atomic mass is 10.1. The van der Waals surface area contributed by atoms with Crippen LogP contribution in [0, 0.1) is 13.8 Å². The summed E-state index contributed by atoms with van der Waals surface area (Å²) < 4.78 is 8.12. The lowest BCUT2D eigenvalue weighted by Crippen LogP contribution is -2.06. The number of benzene rings is 3. The molecule has 3 aromatic carbocycles. The zero-order chi connectivity index (χ0) is 25.2. The molecule has 0 aliphatic carbocycles. The van der Waals surface area contributed by atoms with Gasteiger partial charge < -0.3 is 14.4 Å². The Morgan fingerprint density at radius 2 is 1.69 bits per heavy atom. The van der Waals surface area contributed by atoms with Crippen molar-refractivity contribution in [3.8, 4) is 17.0 Å². The quantitative estimate of drug-likeness (QED) is 0.253. The first-order valence-electron chi connectivity index (χ1n) is 11.5. The molecule has 0 bridgehead atoms. The summed E-state index contributed by atoms with van der Waals surface area (Å²) in [7, 11) is 0. The largest absolute Gasteiger partial charge is 0.489 e. The van der Waals surface area contributed by atoms with Gasteiger partial charge in [-0.1, -0.05) is 66.2 Å². The highest BCUT2D eigenvalue weighted by molar-refractivity contribution is 6.30. The lowest BCUT2D eigenvalue weighted by Gasteiger charge is -2.12. The number of ether oxygens (including phenoxy) is 1. The molecule has 0 radical (unpaired) electrons. The van der Waals surface area contributed by atoms with Crippen molar-refractivity contribution in [2.45, 2.75) is 27.0 Å². The highest BCUT2D eigenvalue weighted by Crippen LogP contribution is 2.29. The molecule has 0 aliphatic heterocycles. The minimum Gasteiger partial charge on any atom is -0.489 e. The van der Waals surface area contributed by atoms with Crippen LogP contribution in [0.25, 0.3) is 22.3 Å². The molecular weight excluding hydrogens is 474 g/mol. The van der Waals surface area contributed by atoms with E-state index in [1.807, 2.05) is 68.4 Å². The number of aromatic carboxylic acids is 1. The topological polar surface area (TPSA) is 77.2 Å². The van der Waals surface area contributed by atoms with Crippen LogP contribution in [-0.2, 0) is 13.2 Å². The van der Waals surface area contributed by atoms with E-state index in [-0.39, 0.29) is 12.2 Å². The van der Waals surface area contributed by atoms with E-state index >= 15 is 0 Å². The molecule has 1 N–H and O–H groups in total. The van der Waals surface area contributed by atoms with Crippen LogP contribution in [0.15, 0.2) is 78.9 Å². The predicted octanol–water partition coefficient (Wildman–Crippen LogP) is 6.69. The number of nitrogens with zero attached hydrogens (tertiary/aromatic N) is 3. The number of carboxylic acid groups (broad SMARTS) is 1. The third kappa shape index (κ3) is 4.68. The Bertz CT molecular complexity index is 1580. The summed E-state index contributed by atoms with van der Waals surface area (Å²) in [6.45, 7) is 4.61. The van der Waals surface area contributed by atoms with Crippen LogP contribution in [0.3, 0.4) is 0 Å². The zero-order valence-corrected chi connectivity index (χ0v) is 20.7. The monoisotopic (exact) mass is 497 g/mol. The number of imidazole rings is 1. The smallest absolute Gasteiger partial charge is 0.336 e. The molecule has 5 rings (SSSR count). The molecule has 5 aromatic rings. The molecule has 180 valence electrons. The van der Waals surface area contributed by atoms with E-state index < -0.39 is 5.97 Å². The molecule has 2 heterocycles. The van der Waals surface area contributed by atoms with E-state index in [1.54, 1.807) is 24.3 Å². The van der Waals surface area contributed by atoms with Crippen molar-refractivity contribution >= 4 is 28.6 Å². The molecule has 0 fully saturated rings. The molecule has 0 aliphatic rings. The van der Waals surface area contributed by atoms with Gasteiger partial charge in [-0.2, -0.15) is 0 Å². The van der Waals surface area contributed by atoms with Gasteiger partial charge in [0.15, 0.2) is 0 Å². The Morgan fingerprint density at radius 1 is 0.944 bits per heavy atom. The molecule has 6 nitrogen and oxygen atoms in total. The standard InChI is InChI=1S/C29H24ClN3O3/c1-18-14-23(36-17-22-10-6-7-11-24(22)29(34)35)15-26-27(18)31-19(2)33(26)16-21-12-13-25(32-28(21)30)20-8-4-3-5-9-20/h3-15H,16-17H2,1-2H3,(H,34,35). The summed E-state index contributed by atoms with van der Waals surface area (Å²) in [5.74, 6) is 0.521. The van der Waals surface area contributed by atoms with E-state index in [0.717, 1.165) is 39.2 Å². The van der Waals surface area contributed by atoms with Crippen LogP contribution < -0.4 is 4.74 Å². The van der Waals surface area contributed by atoms with Gasteiger partial charge in [-0.25, -0.2) is 14.8 Å². The van der Waals surface area contributed by atoms with Gasteiger partial charge in [0, 0.05) is 22.8 Å². The minimum absolute atomic E-state index is 0.150. The Labute approximate surface area is 213 Å². The lowest BCUT2D eigenvalue weighted by molar-refractivity contribution is 0.0694. The van der Waals surface area contributed by atoms with Gasteiger partial charge in [0.2, 0.25) is 0 Å². The number of halogens is 1. The number of carboxylic acids is 1. The number of rotatable bonds is 7. The summed E-state index contributed by atoms with van der Waals surface area (Å²) in [5.41, 5.74) is 6.34. The maximum absolute atomic E-state index is 11.5. The molecule has 2 aromatic heterocycles. The summed E-state index contributed by atoms with van der Waals surface area (Å²) in [6.07, 6.45) is 0. The summed E-state index contributed by atoms with van der Waals surface area (Å²) >= 11 is 6.60. The zero-order valence-electron chi connectivity index (χ0n) is 19.9. The minimum atomic E-state index is -0.974. The van der Waals surface area contributed by atoms with Crippen LogP contribution in [-0.4, -0.2) is 25.6 Å². The predicted molar refractivity (Wildman–Crippen MR) is 141 cm³/mol. The van der Waals surface area contributed by atoms with Crippen LogP contribution in [0.2, 0.25) is 5.15 Å². The molecule has 0 atom stereocenters. The number of pyridine rings is 1. The van der Waals surface area contributed by atoms with Crippen molar-refractivity contribution in [3.63, 3.8) is 0 Å². The third-order valence-corrected chi connectivity index (χ3v) is 6.50. The van der Waals surface area contributed by atoms with E-state index in [0.29, 0.717) is 23.0 Å². The average molecular weight is 498 g/mol. The van der Waals surface area contributed by atoms with Gasteiger partial charge in [0.1, 0.15) is 23.3 Å². The normalized spacial score (nSPS) is 11.1. The van der Waals surface area contributed by atoms with Crippen molar-refractivity contribution in [2.24, 2.45) is 0 Å². The van der Waals surface area contributed by atoms with Gasteiger partial charge in [-0.15, -0.1) is 0 Å².